The molecule has 31 heavy (non-hydrogen) atoms. The maximum atomic E-state index is 5.49. The van der Waals surface area contributed by atoms with Crippen LogP contribution in [0.4, 0.5) is 0 Å². The molecule has 0 amide bonds. The highest BCUT2D eigenvalue weighted by Gasteiger charge is 2.31. The lowest BCUT2D eigenvalue weighted by Gasteiger charge is -2.33. The molecule has 0 atom stereocenters. The summed E-state index contributed by atoms with van der Waals surface area (Å²) in [6, 6.07) is 14.0. The van der Waals surface area contributed by atoms with E-state index in [1.54, 1.807) is 6.26 Å². The van der Waals surface area contributed by atoms with Crippen molar-refractivity contribution in [3.63, 3.8) is 0 Å². The summed E-state index contributed by atoms with van der Waals surface area (Å²) in [5.74, 6) is 1.93. The number of benzene rings is 1. The predicted molar refractivity (Wildman–Crippen MR) is 126 cm³/mol. The molecule has 1 aliphatic heterocycles. The van der Waals surface area contributed by atoms with Gasteiger partial charge < -0.3 is 20.0 Å². The van der Waals surface area contributed by atoms with Crippen molar-refractivity contribution in [2.75, 3.05) is 26.7 Å². The molecule has 2 N–H and O–H groups in total. The third kappa shape index (κ3) is 6.58. The van der Waals surface area contributed by atoms with Gasteiger partial charge in [0, 0.05) is 38.3 Å². The zero-order valence-electron chi connectivity index (χ0n) is 19.0. The summed E-state index contributed by atoms with van der Waals surface area (Å²) >= 11 is 0. The summed E-state index contributed by atoms with van der Waals surface area (Å²) in [5.41, 5.74) is 2.59. The van der Waals surface area contributed by atoms with E-state index in [1.807, 2.05) is 12.1 Å². The van der Waals surface area contributed by atoms with E-state index in [-0.39, 0.29) is 0 Å². The number of rotatable bonds is 9. The second-order valence-electron chi connectivity index (χ2n) is 8.90. The Labute approximate surface area is 186 Å². The van der Waals surface area contributed by atoms with E-state index in [0.717, 1.165) is 37.4 Å². The van der Waals surface area contributed by atoms with Crippen molar-refractivity contribution in [3.05, 3.63) is 59.5 Å². The minimum absolute atomic E-state index is 0.516. The van der Waals surface area contributed by atoms with Gasteiger partial charge in [-0.3, -0.25) is 4.90 Å². The van der Waals surface area contributed by atoms with Gasteiger partial charge in [0.2, 0.25) is 0 Å². The van der Waals surface area contributed by atoms with E-state index < -0.39 is 0 Å². The first-order chi connectivity index (χ1) is 15.2. The first-order valence-electron chi connectivity index (χ1n) is 11.8. The van der Waals surface area contributed by atoms with Crippen molar-refractivity contribution >= 4 is 5.96 Å². The van der Waals surface area contributed by atoms with Gasteiger partial charge in [-0.15, -0.1) is 0 Å². The molecule has 1 saturated heterocycles. The quantitative estimate of drug-likeness (QED) is 0.477. The number of nitrogens with zero attached hydrogens (tertiary/aromatic N) is 3. The first kappa shape index (κ1) is 21.9. The number of furan rings is 1. The number of hydrogen-bond acceptors (Lipinski definition) is 4. The van der Waals surface area contributed by atoms with Gasteiger partial charge in [0.25, 0.3) is 0 Å². The molecule has 1 aromatic carbocycles. The Balaban J connectivity index is 1.33. The van der Waals surface area contributed by atoms with Crippen molar-refractivity contribution in [2.24, 2.45) is 4.99 Å². The fourth-order valence-electron chi connectivity index (χ4n) is 4.41. The van der Waals surface area contributed by atoms with Crippen LogP contribution in [0, 0.1) is 0 Å². The predicted octanol–water partition coefficient (Wildman–Crippen LogP) is 3.59. The lowest BCUT2D eigenvalue weighted by atomic mass is 10.1. The number of aliphatic imine (C=N–C) groups is 1. The Morgan fingerprint density at radius 1 is 1.06 bits per heavy atom. The van der Waals surface area contributed by atoms with Crippen LogP contribution in [0.15, 0.2) is 52.1 Å². The van der Waals surface area contributed by atoms with Crippen molar-refractivity contribution in [2.45, 2.75) is 64.3 Å². The molecule has 0 bridgehead atoms. The molecule has 2 heterocycles. The molecule has 0 unspecified atom stereocenters. The molecule has 168 valence electrons. The molecule has 2 aliphatic rings. The van der Waals surface area contributed by atoms with Gasteiger partial charge in [-0.1, -0.05) is 24.3 Å². The molecule has 1 aromatic heterocycles. The van der Waals surface area contributed by atoms with Crippen LogP contribution < -0.4 is 10.6 Å². The van der Waals surface area contributed by atoms with Crippen molar-refractivity contribution in [1.82, 2.24) is 20.4 Å². The van der Waals surface area contributed by atoms with E-state index in [0.29, 0.717) is 12.6 Å². The lowest BCUT2D eigenvalue weighted by Crippen LogP contribution is -2.49. The summed E-state index contributed by atoms with van der Waals surface area (Å²) in [6.07, 6.45) is 6.94. The van der Waals surface area contributed by atoms with Gasteiger partial charge >= 0.3 is 0 Å². The van der Waals surface area contributed by atoms with Crippen LogP contribution in [0.5, 0.6) is 0 Å². The van der Waals surface area contributed by atoms with E-state index in [4.69, 9.17) is 9.41 Å². The second kappa shape index (κ2) is 10.8. The molecule has 0 spiro atoms. The van der Waals surface area contributed by atoms with Crippen molar-refractivity contribution in [1.29, 1.82) is 0 Å². The van der Waals surface area contributed by atoms with Crippen LogP contribution in [0.3, 0.4) is 0 Å². The van der Waals surface area contributed by atoms with Gasteiger partial charge in [-0.2, -0.15) is 0 Å². The normalized spacial score (nSPS) is 18.5. The smallest absolute Gasteiger partial charge is 0.191 e. The van der Waals surface area contributed by atoms with Crippen LogP contribution >= 0.6 is 0 Å². The Morgan fingerprint density at radius 2 is 1.84 bits per heavy atom. The first-order valence-corrected chi connectivity index (χ1v) is 11.8. The van der Waals surface area contributed by atoms with E-state index >= 15 is 0 Å². The van der Waals surface area contributed by atoms with Crippen LogP contribution in [0.25, 0.3) is 0 Å². The number of hydrogen-bond donors (Lipinski definition) is 2. The lowest BCUT2D eigenvalue weighted by molar-refractivity contribution is 0.197. The zero-order valence-corrected chi connectivity index (χ0v) is 19.0. The average molecular weight is 424 g/mol. The minimum Gasteiger partial charge on any atom is -0.468 e. The molecule has 0 radical (unpaired) electrons. The molecule has 6 heteroatoms. The monoisotopic (exact) mass is 423 g/mol. The average Bonchev–Trinajstić information content (AvgIpc) is 3.50. The van der Waals surface area contributed by atoms with Gasteiger partial charge in [-0.05, 0) is 62.9 Å². The van der Waals surface area contributed by atoms with Crippen LogP contribution in [0.1, 0.15) is 49.5 Å². The summed E-state index contributed by atoms with van der Waals surface area (Å²) in [5, 5.41) is 7.13. The number of likely N-dealkylation sites (tertiary alicyclic amines) is 1. The highest BCUT2D eigenvalue weighted by molar-refractivity contribution is 5.80. The van der Waals surface area contributed by atoms with E-state index in [1.165, 1.54) is 49.9 Å². The van der Waals surface area contributed by atoms with Gasteiger partial charge in [0.05, 0.1) is 19.4 Å². The summed E-state index contributed by atoms with van der Waals surface area (Å²) in [4.78, 5) is 9.87. The molecular formula is C25H37N5O. The molecule has 2 fully saturated rings. The zero-order chi connectivity index (χ0) is 21.5. The van der Waals surface area contributed by atoms with Crippen LogP contribution in [0.2, 0.25) is 0 Å². The Hall–Kier alpha value is -2.31. The number of guanidine groups is 1. The molecule has 6 nitrogen and oxygen atoms in total. The maximum absolute atomic E-state index is 5.49. The fourth-order valence-corrected chi connectivity index (χ4v) is 4.41. The van der Waals surface area contributed by atoms with Crippen molar-refractivity contribution < 1.29 is 4.42 Å². The SMILES string of the molecule is CCNC(=NCc1ccccc1CN(C)Cc1ccco1)NC1CCN(C2CC2)CC1. The molecule has 2 aromatic rings. The largest absolute Gasteiger partial charge is 0.468 e. The summed E-state index contributed by atoms with van der Waals surface area (Å²) in [6.45, 7) is 7.79. The third-order valence-electron chi connectivity index (χ3n) is 6.25. The number of piperidine rings is 1. The highest BCUT2D eigenvalue weighted by atomic mass is 16.3. The fraction of sp³-hybridized carbons (Fsp3) is 0.560. The van der Waals surface area contributed by atoms with Crippen LogP contribution in [-0.4, -0.2) is 54.5 Å². The molecule has 1 aliphatic carbocycles. The molecule has 1 saturated carbocycles. The van der Waals surface area contributed by atoms with Crippen LogP contribution in [-0.2, 0) is 19.6 Å². The second-order valence-corrected chi connectivity index (χ2v) is 8.90. The van der Waals surface area contributed by atoms with Gasteiger partial charge in [0.15, 0.2) is 5.96 Å². The Morgan fingerprint density at radius 3 is 2.52 bits per heavy atom. The standard InChI is InChI=1S/C25H37N5O/c1-3-26-25(28-22-12-14-30(15-13-22)23-10-11-23)27-17-20-7-4-5-8-21(20)18-29(2)19-24-9-6-16-31-24/h4-9,16,22-23H,3,10-15,17-19H2,1-2H3,(H2,26,27,28). The molecular weight excluding hydrogens is 386 g/mol. The topological polar surface area (TPSA) is 56.0 Å². The van der Waals surface area contributed by atoms with Gasteiger partial charge in [-0.25, -0.2) is 4.99 Å². The summed E-state index contributed by atoms with van der Waals surface area (Å²) in [7, 11) is 2.13. The Kier molecular flexibility index (Phi) is 7.65. The molecule has 4 rings (SSSR count). The number of nitrogens with one attached hydrogen (secondary N) is 2. The Bertz CT molecular complexity index is 822. The summed E-state index contributed by atoms with van der Waals surface area (Å²) < 4.78 is 5.49. The van der Waals surface area contributed by atoms with E-state index in [2.05, 4.69) is 58.7 Å². The van der Waals surface area contributed by atoms with E-state index in [9.17, 15) is 0 Å². The maximum Gasteiger partial charge on any atom is 0.191 e. The highest BCUT2D eigenvalue weighted by Crippen LogP contribution is 2.29. The minimum atomic E-state index is 0.516. The van der Waals surface area contributed by atoms with Gasteiger partial charge in [0.1, 0.15) is 5.76 Å². The third-order valence-corrected chi connectivity index (χ3v) is 6.25. The van der Waals surface area contributed by atoms with Crippen molar-refractivity contribution in [3.8, 4) is 0 Å².